The molecule has 2 heterocycles. The van der Waals surface area contributed by atoms with Gasteiger partial charge in [0.1, 0.15) is 0 Å². The van der Waals surface area contributed by atoms with E-state index in [4.69, 9.17) is 0 Å². The van der Waals surface area contributed by atoms with Crippen molar-refractivity contribution in [3.63, 3.8) is 0 Å². The molecule has 1 N–H and O–H groups in total. The Balaban J connectivity index is 1.34. The van der Waals surface area contributed by atoms with E-state index in [-0.39, 0.29) is 5.91 Å². The number of nitrogens with zero attached hydrogens (tertiary/aromatic N) is 4. The Kier molecular flexibility index (Phi) is 5.48. The number of carbonyl (C=O) groups is 1. The molecule has 0 saturated heterocycles. The molecule has 1 saturated carbocycles. The van der Waals surface area contributed by atoms with E-state index < -0.39 is 0 Å². The average molecular weight is 379 g/mol. The van der Waals surface area contributed by atoms with Gasteiger partial charge in [-0.25, -0.2) is 0 Å². The molecule has 4 rings (SSSR count). The van der Waals surface area contributed by atoms with Crippen LogP contribution in [0.15, 0.2) is 60.0 Å². The third-order valence-corrected chi connectivity index (χ3v) is 5.35. The van der Waals surface area contributed by atoms with Gasteiger partial charge in [0.2, 0.25) is 5.91 Å². The molecule has 0 unspecified atom stereocenters. The van der Waals surface area contributed by atoms with Gasteiger partial charge in [0.15, 0.2) is 11.0 Å². The van der Waals surface area contributed by atoms with Gasteiger partial charge in [-0.3, -0.25) is 14.3 Å². The van der Waals surface area contributed by atoms with Gasteiger partial charge in [-0.2, -0.15) is 0 Å². The van der Waals surface area contributed by atoms with Crippen molar-refractivity contribution in [1.82, 2.24) is 25.1 Å². The van der Waals surface area contributed by atoms with Crippen molar-refractivity contribution in [3.8, 4) is 11.4 Å². The molecular weight excluding hydrogens is 358 g/mol. The minimum Gasteiger partial charge on any atom is -0.355 e. The van der Waals surface area contributed by atoms with E-state index >= 15 is 0 Å². The molecule has 1 fully saturated rings. The zero-order valence-electron chi connectivity index (χ0n) is 14.9. The van der Waals surface area contributed by atoms with Crippen molar-refractivity contribution < 1.29 is 4.79 Å². The van der Waals surface area contributed by atoms with Gasteiger partial charge >= 0.3 is 0 Å². The van der Waals surface area contributed by atoms with Gasteiger partial charge in [-0.15, -0.1) is 10.2 Å². The first-order chi connectivity index (χ1) is 13.3. The molecule has 138 valence electrons. The highest BCUT2D eigenvalue weighted by Gasteiger charge is 2.30. The molecule has 1 aliphatic carbocycles. The molecule has 1 aliphatic rings. The largest absolute Gasteiger partial charge is 0.355 e. The molecule has 0 aliphatic heterocycles. The van der Waals surface area contributed by atoms with Crippen LogP contribution in [-0.4, -0.2) is 38.0 Å². The number of hydrogen-bond acceptors (Lipinski definition) is 5. The number of hydrogen-bond donors (Lipinski definition) is 1. The van der Waals surface area contributed by atoms with Crippen LogP contribution in [0, 0.1) is 0 Å². The van der Waals surface area contributed by atoms with Crippen LogP contribution in [-0.2, 0) is 11.2 Å². The van der Waals surface area contributed by atoms with E-state index in [2.05, 4.69) is 37.2 Å². The third kappa shape index (κ3) is 4.54. The zero-order chi connectivity index (χ0) is 18.5. The van der Waals surface area contributed by atoms with Crippen LogP contribution in [0.1, 0.15) is 24.4 Å². The highest BCUT2D eigenvalue weighted by Crippen LogP contribution is 2.40. The third-order valence-electron chi connectivity index (χ3n) is 4.41. The maximum atomic E-state index is 12.2. The summed E-state index contributed by atoms with van der Waals surface area (Å²) < 4.78 is 2.15. The molecule has 0 atom stereocenters. The summed E-state index contributed by atoms with van der Waals surface area (Å²) in [6.45, 7) is 0.639. The maximum absolute atomic E-state index is 12.2. The van der Waals surface area contributed by atoms with Crippen LogP contribution in [0.2, 0.25) is 0 Å². The second-order valence-electron chi connectivity index (χ2n) is 6.52. The smallest absolute Gasteiger partial charge is 0.230 e. The molecule has 0 bridgehead atoms. The monoisotopic (exact) mass is 379 g/mol. The second-order valence-corrected chi connectivity index (χ2v) is 7.47. The standard InChI is InChI=1S/C20H21N5OS/c26-18(22-12-10-15-5-2-1-3-6-15)14-27-20-24-23-19(25(20)17-8-9-17)16-7-4-11-21-13-16/h1-7,11,13,17H,8-10,12,14H2,(H,22,26). The van der Waals surface area contributed by atoms with E-state index in [1.54, 1.807) is 12.4 Å². The fourth-order valence-electron chi connectivity index (χ4n) is 2.90. The number of amides is 1. The molecule has 0 radical (unpaired) electrons. The van der Waals surface area contributed by atoms with E-state index in [0.29, 0.717) is 18.3 Å². The molecule has 6 nitrogen and oxygen atoms in total. The van der Waals surface area contributed by atoms with Gasteiger partial charge in [0, 0.05) is 30.5 Å². The summed E-state index contributed by atoms with van der Waals surface area (Å²) in [5.74, 6) is 1.19. The number of benzene rings is 1. The van der Waals surface area contributed by atoms with Gasteiger partial charge in [0.05, 0.1) is 5.75 Å². The fraction of sp³-hybridized carbons (Fsp3) is 0.300. The second kappa shape index (κ2) is 8.35. The highest BCUT2D eigenvalue weighted by atomic mass is 32.2. The maximum Gasteiger partial charge on any atom is 0.230 e. The Bertz CT molecular complexity index is 893. The SMILES string of the molecule is O=C(CSc1nnc(-c2cccnc2)n1C1CC1)NCCc1ccccc1. The number of thioether (sulfide) groups is 1. The Morgan fingerprint density at radius 2 is 2.00 bits per heavy atom. The van der Waals surface area contributed by atoms with Gasteiger partial charge in [0.25, 0.3) is 0 Å². The summed E-state index contributed by atoms with van der Waals surface area (Å²) in [6.07, 6.45) is 6.63. The first kappa shape index (κ1) is 17.7. The van der Waals surface area contributed by atoms with Crippen LogP contribution in [0.3, 0.4) is 0 Å². The van der Waals surface area contributed by atoms with E-state index in [9.17, 15) is 4.79 Å². The number of carbonyl (C=O) groups excluding carboxylic acids is 1. The van der Waals surface area contributed by atoms with Crippen LogP contribution < -0.4 is 5.32 Å². The van der Waals surface area contributed by atoms with Gasteiger partial charge in [-0.1, -0.05) is 42.1 Å². The van der Waals surface area contributed by atoms with Crippen LogP contribution in [0.4, 0.5) is 0 Å². The summed E-state index contributed by atoms with van der Waals surface area (Å²) in [5, 5.41) is 12.4. The predicted molar refractivity (Wildman–Crippen MR) is 105 cm³/mol. The lowest BCUT2D eigenvalue weighted by Gasteiger charge is -2.09. The van der Waals surface area contributed by atoms with Crippen LogP contribution >= 0.6 is 11.8 Å². The topological polar surface area (TPSA) is 72.7 Å². The van der Waals surface area contributed by atoms with E-state index in [1.165, 1.54) is 17.3 Å². The number of rotatable bonds is 8. The van der Waals surface area contributed by atoms with Crippen molar-refractivity contribution in [2.24, 2.45) is 0 Å². The molecule has 1 aromatic carbocycles. The van der Waals surface area contributed by atoms with Crippen molar-refractivity contribution in [1.29, 1.82) is 0 Å². The summed E-state index contributed by atoms with van der Waals surface area (Å²) in [7, 11) is 0. The number of aromatic nitrogens is 4. The normalized spacial score (nSPS) is 13.5. The minimum absolute atomic E-state index is 0.0178. The molecule has 27 heavy (non-hydrogen) atoms. The van der Waals surface area contributed by atoms with Crippen molar-refractivity contribution in [2.75, 3.05) is 12.3 Å². The molecule has 7 heteroatoms. The van der Waals surface area contributed by atoms with Crippen molar-refractivity contribution in [3.05, 3.63) is 60.4 Å². The average Bonchev–Trinajstić information content (AvgIpc) is 3.47. The molecule has 1 amide bonds. The quantitative estimate of drug-likeness (QED) is 0.609. The summed E-state index contributed by atoms with van der Waals surface area (Å²) >= 11 is 1.44. The number of pyridine rings is 1. The molecule has 2 aromatic heterocycles. The lowest BCUT2D eigenvalue weighted by atomic mass is 10.1. The summed E-state index contributed by atoms with van der Waals surface area (Å²) in [6, 6.07) is 14.5. The number of nitrogens with one attached hydrogen (secondary N) is 1. The fourth-order valence-corrected chi connectivity index (χ4v) is 3.74. The van der Waals surface area contributed by atoms with Crippen LogP contribution in [0.25, 0.3) is 11.4 Å². The molecule has 0 spiro atoms. The van der Waals surface area contributed by atoms with Crippen LogP contribution in [0.5, 0.6) is 0 Å². The zero-order valence-corrected chi connectivity index (χ0v) is 15.7. The summed E-state index contributed by atoms with van der Waals surface area (Å²) in [5.41, 5.74) is 2.18. The Morgan fingerprint density at radius 3 is 2.74 bits per heavy atom. The first-order valence-corrected chi connectivity index (χ1v) is 10.1. The van der Waals surface area contributed by atoms with Gasteiger partial charge in [-0.05, 0) is 37.0 Å². The molecular formula is C20H21N5OS. The Hall–Kier alpha value is -2.67. The lowest BCUT2D eigenvalue weighted by Crippen LogP contribution is -2.27. The lowest BCUT2D eigenvalue weighted by molar-refractivity contribution is -0.118. The van der Waals surface area contributed by atoms with E-state index in [0.717, 1.165) is 35.8 Å². The van der Waals surface area contributed by atoms with Crippen molar-refractivity contribution >= 4 is 17.7 Å². The van der Waals surface area contributed by atoms with Gasteiger partial charge < -0.3 is 5.32 Å². The highest BCUT2D eigenvalue weighted by molar-refractivity contribution is 7.99. The minimum atomic E-state index is 0.0178. The predicted octanol–water partition coefficient (Wildman–Crippen LogP) is 3.13. The first-order valence-electron chi connectivity index (χ1n) is 9.10. The molecule has 3 aromatic rings. The Labute approximate surface area is 162 Å². The summed E-state index contributed by atoms with van der Waals surface area (Å²) in [4.78, 5) is 16.4. The van der Waals surface area contributed by atoms with Crippen molar-refractivity contribution in [2.45, 2.75) is 30.5 Å². The Morgan fingerprint density at radius 1 is 1.15 bits per heavy atom. The van der Waals surface area contributed by atoms with E-state index in [1.807, 2.05) is 30.3 Å².